The van der Waals surface area contributed by atoms with Crippen LogP contribution in [-0.2, 0) is 4.79 Å². The summed E-state index contributed by atoms with van der Waals surface area (Å²) < 4.78 is 0. The zero-order chi connectivity index (χ0) is 56.2. The lowest BCUT2D eigenvalue weighted by Gasteiger charge is -2.19. The van der Waals surface area contributed by atoms with Crippen LogP contribution in [0.15, 0.2) is 146 Å². The van der Waals surface area contributed by atoms with Crippen molar-refractivity contribution in [1.82, 2.24) is 5.32 Å². The van der Waals surface area contributed by atoms with E-state index in [-0.39, 0.29) is 12.5 Å². The summed E-state index contributed by atoms with van der Waals surface area (Å²) in [6, 6.07) is -0.665. The number of rotatable bonds is 59. The van der Waals surface area contributed by atoms with Crippen LogP contribution in [-0.4, -0.2) is 34.9 Å². The molecular formula is C74H125NO3. The van der Waals surface area contributed by atoms with Crippen molar-refractivity contribution in [1.29, 1.82) is 0 Å². The largest absolute Gasteiger partial charge is 0.394 e. The SMILES string of the molecule is CC/C=C\C/C=C\C/C=C\C/C=C\C/C=C\C/C=C\C/C=C\C/C=C\C/C=C\CCCCCCCCCC(=O)NC(CO)C(O)/C=C/CC/C=C/CC/C=C/CCCCCCCCCCCCCCCCCCCCCCC. The van der Waals surface area contributed by atoms with Crippen LogP contribution in [0.5, 0.6) is 0 Å². The van der Waals surface area contributed by atoms with Crippen LogP contribution in [0.25, 0.3) is 0 Å². The van der Waals surface area contributed by atoms with Crippen LogP contribution in [0.4, 0.5) is 0 Å². The van der Waals surface area contributed by atoms with Crippen molar-refractivity contribution in [2.45, 2.75) is 309 Å². The average Bonchev–Trinajstić information content (AvgIpc) is 3.44. The third kappa shape index (κ3) is 63.1. The molecule has 0 aliphatic rings. The van der Waals surface area contributed by atoms with Crippen molar-refractivity contribution in [2.24, 2.45) is 0 Å². The highest BCUT2D eigenvalue weighted by atomic mass is 16.3. The molecule has 1 amide bonds. The van der Waals surface area contributed by atoms with Gasteiger partial charge in [-0.25, -0.2) is 0 Å². The molecule has 4 heteroatoms. The number of carbonyl (C=O) groups excluding carboxylic acids is 1. The first-order valence-corrected chi connectivity index (χ1v) is 33.0. The Morgan fingerprint density at radius 1 is 0.321 bits per heavy atom. The Morgan fingerprint density at radius 2 is 0.577 bits per heavy atom. The lowest BCUT2D eigenvalue weighted by molar-refractivity contribution is -0.123. The summed E-state index contributed by atoms with van der Waals surface area (Å²) in [5, 5.41) is 23.2. The second-order valence-electron chi connectivity index (χ2n) is 21.8. The van der Waals surface area contributed by atoms with Crippen molar-refractivity contribution in [3.8, 4) is 0 Å². The molecule has 78 heavy (non-hydrogen) atoms. The quantitative estimate of drug-likeness (QED) is 0.0420. The van der Waals surface area contributed by atoms with Gasteiger partial charge in [0.2, 0.25) is 5.91 Å². The van der Waals surface area contributed by atoms with Crippen LogP contribution in [0.3, 0.4) is 0 Å². The van der Waals surface area contributed by atoms with Crippen LogP contribution in [0.1, 0.15) is 296 Å². The van der Waals surface area contributed by atoms with Crippen molar-refractivity contribution in [3.05, 3.63) is 146 Å². The van der Waals surface area contributed by atoms with Crippen molar-refractivity contribution in [3.63, 3.8) is 0 Å². The first-order chi connectivity index (χ1) is 38.7. The fourth-order valence-corrected chi connectivity index (χ4v) is 9.32. The lowest BCUT2D eigenvalue weighted by atomic mass is 10.0. The minimum atomic E-state index is -0.888. The van der Waals surface area contributed by atoms with Gasteiger partial charge in [0.25, 0.3) is 0 Å². The van der Waals surface area contributed by atoms with Gasteiger partial charge in [0, 0.05) is 6.42 Å². The lowest BCUT2D eigenvalue weighted by Crippen LogP contribution is -2.45. The van der Waals surface area contributed by atoms with Crippen LogP contribution >= 0.6 is 0 Å². The molecule has 0 aromatic carbocycles. The maximum absolute atomic E-state index is 12.5. The molecule has 0 fully saturated rings. The van der Waals surface area contributed by atoms with Crippen LogP contribution in [0.2, 0.25) is 0 Å². The van der Waals surface area contributed by atoms with Gasteiger partial charge < -0.3 is 15.5 Å². The Bertz CT molecular complexity index is 1600. The summed E-state index contributed by atoms with van der Waals surface area (Å²) in [4.78, 5) is 12.5. The molecule has 0 aliphatic heterocycles. The van der Waals surface area contributed by atoms with E-state index < -0.39 is 12.1 Å². The van der Waals surface area contributed by atoms with E-state index in [9.17, 15) is 15.0 Å². The number of nitrogens with one attached hydrogen (secondary N) is 1. The van der Waals surface area contributed by atoms with Gasteiger partial charge in [-0.2, -0.15) is 0 Å². The van der Waals surface area contributed by atoms with E-state index >= 15 is 0 Å². The van der Waals surface area contributed by atoms with E-state index in [1.165, 1.54) is 167 Å². The van der Waals surface area contributed by atoms with Crippen molar-refractivity contribution in [2.75, 3.05) is 6.61 Å². The first kappa shape index (κ1) is 74.3. The van der Waals surface area contributed by atoms with E-state index in [0.717, 1.165) is 109 Å². The van der Waals surface area contributed by atoms with E-state index in [2.05, 4.69) is 153 Å². The van der Waals surface area contributed by atoms with Gasteiger partial charge in [0.1, 0.15) is 0 Å². The summed E-state index contributed by atoms with van der Waals surface area (Å²) >= 11 is 0. The topological polar surface area (TPSA) is 69.6 Å². The predicted molar refractivity (Wildman–Crippen MR) is 349 cm³/mol. The van der Waals surface area contributed by atoms with E-state index in [1.54, 1.807) is 6.08 Å². The number of amides is 1. The molecule has 0 aromatic heterocycles. The summed E-state index contributed by atoms with van der Waals surface area (Å²) in [6.07, 6.45) is 106. The molecule has 4 nitrogen and oxygen atoms in total. The van der Waals surface area contributed by atoms with Crippen LogP contribution < -0.4 is 5.32 Å². The summed E-state index contributed by atoms with van der Waals surface area (Å²) in [6.45, 7) is 4.19. The van der Waals surface area contributed by atoms with Gasteiger partial charge >= 0.3 is 0 Å². The molecule has 0 aromatic rings. The number of aliphatic hydroxyl groups excluding tert-OH is 2. The van der Waals surface area contributed by atoms with Gasteiger partial charge in [-0.15, -0.1) is 0 Å². The minimum Gasteiger partial charge on any atom is -0.394 e. The number of allylic oxidation sites excluding steroid dienone is 23. The predicted octanol–water partition coefficient (Wildman–Crippen LogP) is 22.7. The molecule has 444 valence electrons. The Hall–Kier alpha value is -3.73. The molecule has 0 saturated heterocycles. The number of unbranched alkanes of at least 4 members (excludes halogenated alkanes) is 30. The van der Waals surface area contributed by atoms with Gasteiger partial charge in [-0.1, -0.05) is 320 Å². The molecule has 2 atom stereocenters. The van der Waals surface area contributed by atoms with E-state index in [0.29, 0.717) is 6.42 Å². The molecule has 0 spiro atoms. The number of hydrogen-bond acceptors (Lipinski definition) is 3. The summed E-state index contributed by atoms with van der Waals surface area (Å²) in [5.74, 6) is -0.0932. The Labute approximate surface area is 484 Å². The van der Waals surface area contributed by atoms with Gasteiger partial charge in [0.15, 0.2) is 0 Å². The molecule has 0 rings (SSSR count). The molecular weight excluding hydrogens is 951 g/mol. The molecule has 3 N–H and O–H groups in total. The van der Waals surface area contributed by atoms with Crippen LogP contribution in [0, 0.1) is 0 Å². The molecule has 0 radical (unpaired) electrons. The van der Waals surface area contributed by atoms with Crippen molar-refractivity contribution >= 4 is 5.91 Å². The Balaban J connectivity index is 3.64. The first-order valence-electron chi connectivity index (χ1n) is 33.0. The third-order valence-corrected chi connectivity index (χ3v) is 14.3. The molecule has 0 saturated carbocycles. The van der Waals surface area contributed by atoms with Gasteiger partial charge in [-0.3, -0.25) is 4.79 Å². The molecule has 0 heterocycles. The zero-order valence-electron chi connectivity index (χ0n) is 51.1. The Kier molecular flexibility index (Phi) is 64.3. The second kappa shape index (κ2) is 67.5. The smallest absolute Gasteiger partial charge is 0.220 e. The second-order valence-corrected chi connectivity index (χ2v) is 21.8. The number of carbonyl (C=O) groups is 1. The molecule has 0 bridgehead atoms. The van der Waals surface area contributed by atoms with Gasteiger partial charge in [0.05, 0.1) is 18.8 Å². The monoisotopic (exact) mass is 1080 g/mol. The van der Waals surface area contributed by atoms with Crippen molar-refractivity contribution < 1.29 is 15.0 Å². The average molecular weight is 1080 g/mol. The van der Waals surface area contributed by atoms with E-state index in [1.807, 2.05) is 6.08 Å². The normalized spacial score (nSPS) is 13.7. The number of hydrogen-bond donors (Lipinski definition) is 3. The fraction of sp³-hybridized carbons (Fsp3) is 0.662. The number of aliphatic hydroxyl groups is 2. The highest BCUT2D eigenvalue weighted by Crippen LogP contribution is 2.16. The fourth-order valence-electron chi connectivity index (χ4n) is 9.32. The maximum atomic E-state index is 12.5. The highest BCUT2D eigenvalue weighted by Gasteiger charge is 2.18. The standard InChI is InChI=1S/C74H125NO3/c1-3-5-7-9-11-13-15-17-19-21-23-25-27-29-31-33-35-36-37-38-40-42-44-46-48-50-52-54-56-58-60-62-64-66-68-70-74(78)75-72(71-76)73(77)69-67-65-63-61-59-57-55-53-51-49-47-45-43-41-39-34-32-30-28-26-24-22-20-18-16-14-12-10-8-6-4-2/h5,7,11,13,17,19,23,25,29,31,35-36,38,40,44,46,50-53,59,61,67,69,72-73,76-77H,3-4,6,8-10,12,14-16,18,20-22,24,26-28,30,32-34,37,39,41-43,45,47-49,54-58,60,62-66,68,70-71H2,1-2H3,(H,75,78)/b7-5-,13-11-,19-17-,25-23-,31-29-,36-35-,40-38-,46-44-,52-50-,53-51+,61-59+,69-67+. The maximum Gasteiger partial charge on any atom is 0.220 e. The minimum absolute atomic E-state index is 0.0932. The Morgan fingerprint density at radius 3 is 0.897 bits per heavy atom. The molecule has 0 aliphatic carbocycles. The zero-order valence-corrected chi connectivity index (χ0v) is 51.1. The summed E-state index contributed by atoms with van der Waals surface area (Å²) in [5.41, 5.74) is 0. The van der Waals surface area contributed by atoms with Gasteiger partial charge in [-0.05, 0) is 116 Å². The summed E-state index contributed by atoms with van der Waals surface area (Å²) in [7, 11) is 0. The van der Waals surface area contributed by atoms with E-state index in [4.69, 9.17) is 0 Å². The molecule has 2 unspecified atom stereocenters. The third-order valence-electron chi connectivity index (χ3n) is 14.3. The highest BCUT2D eigenvalue weighted by molar-refractivity contribution is 5.76.